The smallest absolute Gasteiger partial charge is 0.176 e. The van der Waals surface area contributed by atoms with Gasteiger partial charge in [0.25, 0.3) is 0 Å². The third-order valence-electron chi connectivity index (χ3n) is 5.95. The predicted molar refractivity (Wildman–Crippen MR) is 113 cm³/mol. The van der Waals surface area contributed by atoms with Crippen LogP contribution in [-0.4, -0.2) is 14.7 Å². The second-order valence-corrected chi connectivity index (χ2v) is 10.0. The first-order valence-corrected chi connectivity index (χ1v) is 11.6. The molecule has 0 saturated heterocycles. The van der Waals surface area contributed by atoms with Gasteiger partial charge in [0.05, 0.1) is 4.90 Å². The first kappa shape index (κ1) is 18.2. The molecular formula is C24H26O2S. The number of fused-ring (bicyclic) bond motifs is 1. The molecule has 140 valence electrons. The van der Waals surface area contributed by atoms with Crippen molar-refractivity contribution in [3.05, 3.63) is 66.2 Å². The Morgan fingerprint density at radius 3 is 2.26 bits per heavy atom. The molecule has 0 heterocycles. The van der Waals surface area contributed by atoms with Gasteiger partial charge in [-0.2, -0.15) is 0 Å². The zero-order valence-corrected chi connectivity index (χ0v) is 16.8. The van der Waals surface area contributed by atoms with Crippen LogP contribution in [0.25, 0.3) is 21.9 Å². The van der Waals surface area contributed by atoms with Gasteiger partial charge in [0, 0.05) is 11.8 Å². The van der Waals surface area contributed by atoms with E-state index in [9.17, 15) is 8.42 Å². The van der Waals surface area contributed by atoms with Crippen LogP contribution in [0.2, 0.25) is 0 Å². The quantitative estimate of drug-likeness (QED) is 0.543. The highest BCUT2D eigenvalue weighted by Gasteiger charge is 2.20. The van der Waals surface area contributed by atoms with Crippen molar-refractivity contribution in [2.24, 2.45) is 5.92 Å². The first-order chi connectivity index (χ1) is 12.9. The highest BCUT2D eigenvalue weighted by atomic mass is 32.2. The Balaban J connectivity index is 1.76. The lowest BCUT2D eigenvalue weighted by atomic mass is 9.79. The van der Waals surface area contributed by atoms with E-state index in [1.165, 1.54) is 48.3 Å². The van der Waals surface area contributed by atoms with Crippen LogP contribution in [0.3, 0.4) is 0 Å². The summed E-state index contributed by atoms with van der Waals surface area (Å²) in [6.07, 6.45) is 6.43. The predicted octanol–water partition coefficient (Wildman–Crippen LogP) is 6.20. The molecule has 0 aromatic heterocycles. The molecule has 0 N–H and O–H groups in total. The lowest BCUT2D eigenvalue weighted by molar-refractivity contribution is 0.348. The van der Waals surface area contributed by atoms with Crippen LogP contribution in [0.5, 0.6) is 0 Å². The van der Waals surface area contributed by atoms with E-state index < -0.39 is 9.84 Å². The highest BCUT2D eigenvalue weighted by molar-refractivity contribution is 7.90. The number of hydrogen-bond acceptors (Lipinski definition) is 2. The van der Waals surface area contributed by atoms with E-state index in [2.05, 4.69) is 37.3 Å². The fraction of sp³-hybridized carbons (Fsp3) is 0.333. The van der Waals surface area contributed by atoms with Crippen molar-refractivity contribution in [1.82, 2.24) is 0 Å². The molecule has 3 aromatic rings. The molecule has 0 bridgehead atoms. The summed E-state index contributed by atoms with van der Waals surface area (Å²) in [5.74, 6) is 1.50. The summed E-state index contributed by atoms with van der Waals surface area (Å²) in [7, 11) is -3.27. The van der Waals surface area contributed by atoms with Crippen molar-refractivity contribution in [2.75, 3.05) is 6.26 Å². The monoisotopic (exact) mass is 378 g/mol. The Kier molecular flexibility index (Phi) is 4.81. The van der Waals surface area contributed by atoms with Gasteiger partial charge in [0.2, 0.25) is 0 Å². The normalized spacial score (nSPS) is 20.7. The van der Waals surface area contributed by atoms with Crippen LogP contribution in [-0.2, 0) is 9.84 Å². The molecule has 4 rings (SSSR count). The molecule has 2 nitrogen and oxygen atoms in total. The van der Waals surface area contributed by atoms with E-state index in [0.717, 1.165) is 17.0 Å². The lowest BCUT2D eigenvalue weighted by Gasteiger charge is -2.26. The summed E-state index contributed by atoms with van der Waals surface area (Å²) in [4.78, 5) is 0.391. The van der Waals surface area contributed by atoms with Crippen molar-refractivity contribution in [1.29, 1.82) is 0 Å². The fourth-order valence-corrected chi connectivity index (χ4v) is 5.22. The molecule has 0 atom stereocenters. The van der Waals surface area contributed by atoms with Crippen LogP contribution in [0, 0.1) is 5.92 Å². The van der Waals surface area contributed by atoms with Crippen molar-refractivity contribution in [3.63, 3.8) is 0 Å². The lowest BCUT2D eigenvalue weighted by Crippen LogP contribution is -2.10. The molecule has 3 aromatic carbocycles. The summed E-state index contributed by atoms with van der Waals surface area (Å²) in [6.45, 7) is 2.35. The summed E-state index contributed by atoms with van der Waals surface area (Å²) in [6, 6.07) is 20.3. The van der Waals surface area contributed by atoms with Gasteiger partial charge in [-0.15, -0.1) is 0 Å². The van der Waals surface area contributed by atoms with Crippen LogP contribution >= 0.6 is 0 Å². The van der Waals surface area contributed by atoms with Gasteiger partial charge >= 0.3 is 0 Å². The van der Waals surface area contributed by atoms with Crippen LogP contribution < -0.4 is 0 Å². The maximum atomic E-state index is 12.2. The van der Waals surface area contributed by atoms with E-state index in [0.29, 0.717) is 10.8 Å². The molecule has 1 aliphatic rings. The Hall–Kier alpha value is -2.13. The van der Waals surface area contributed by atoms with Crippen molar-refractivity contribution in [2.45, 2.75) is 43.4 Å². The van der Waals surface area contributed by atoms with Crippen molar-refractivity contribution in [3.8, 4) is 11.1 Å². The average Bonchev–Trinajstić information content (AvgIpc) is 2.67. The van der Waals surface area contributed by atoms with Crippen LogP contribution in [0.4, 0.5) is 0 Å². The second-order valence-electron chi connectivity index (χ2n) is 8.05. The van der Waals surface area contributed by atoms with Gasteiger partial charge < -0.3 is 0 Å². The minimum absolute atomic E-state index is 0.391. The second kappa shape index (κ2) is 7.12. The third kappa shape index (κ3) is 3.79. The van der Waals surface area contributed by atoms with Gasteiger partial charge in [-0.05, 0) is 58.7 Å². The number of rotatable bonds is 3. The summed E-state index contributed by atoms with van der Waals surface area (Å²) < 4.78 is 24.4. The van der Waals surface area contributed by atoms with Gasteiger partial charge in [-0.3, -0.25) is 0 Å². The molecule has 27 heavy (non-hydrogen) atoms. The average molecular weight is 379 g/mol. The van der Waals surface area contributed by atoms with Gasteiger partial charge in [-0.25, -0.2) is 8.42 Å². The molecule has 0 amide bonds. The minimum atomic E-state index is -3.27. The molecule has 1 aliphatic carbocycles. The van der Waals surface area contributed by atoms with E-state index in [1.807, 2.05) is 18.2 Å². The standard InChI is InChI=1S/C24H26O2S/c1-17-7-9-18(10-8-17)20-13-11-19-12-14-21(16-22(19)15-20)23-5-3-4-6-24(23)27(2,25)26/h3-6,11-18H,7-10H2,1-2H3. The molecule has 0 aliphatic heterocycles. The third-order valence-corrected chi connectivity index (χ3v) is 7.10. The Morgan fingerprint density at radius 2 is 1.52 bits per heavy atom. The topological polar surface area (TPSA) is 34.1 Å². The maximum absolute atomic E-state index is 12.2. The molecular weight excluding hydrogens is 352 g/mol. The zero-order valence-electron chi connectivity index (χ0n) is 16.0. The van der Waals surface area contributed by atoms with E-state index >= 15 is 0 Å². The summed E-state index contributed by atoms with van der Waals surface area (Å²) in [5, 5.41) is 2.38. The summed E-state index contributed by atoms with van der Waals surface area (Å²) >= 11 is 0. The number of benzene rings is 3. The maximum Gasteiger partial charge on any atom is 0.176 e. The van der Waals surface area contributed by atoms with Crippen LogP contribution in [0.1, 0.15) is 44.1 Å². The van der Waals surface area contributed by atoms with E-state index in [1.54, 1.807) is 12.1 Å². The van der Waals surface area contributed by atoms with Crippen molar-refractivity contribution < 1.29 is 8.42 Å². The van der Waals surface area contributed by atoms with Gasteiger partial charge in [0.15, 0.2) is 9.84 Å². The number of sulfone groups is 1. The summed E-state index contributed by atoms with van der Waals surface area (Å²) in [5.41, 5.74) is 3.15. The first-order valence-electron chi connectivity index (χ1n) is 9.75. The molecule has 1 saturated carbocycles. The molecule has 0 spiro atoms. The van der Waals surface area contributed by atoms with Crippen LogP contribution in [0.15, 0.2) is 65.6 Å². The highest BCUT2D eigenvalue weighted by Crippen LogP contribution is 2.37. The number of hydrogen-bond donors (Lipinski definition) is 0. The fourth-order valence-electron chi connectivity index (χ4n) is 4.31. The van der Waals surface area contributed by atoms with E-state index in [-0.39, 0.29) is 0 Å². The molecule has 1 fully saturated rings. The van der Waals surface area contributed by atoms with Crippen molar-refractivity contribution >= 4 is 20.6 Å². The SMILES string of the molecule is CC1CCC(c2ccc3ccc(-c4ccccc4S(C)(=O)=O)cc3c2)CC1. The molecule has 0 unspecified atom stereocenters. The Bertz CT molecular complexity index is 1070. The van der Waals surface area contributed by atoms with Gasteiger partial charge in [0.1, 0.15) is 0 Å². The Morgan fingerprint density at radius 1 is 0.815 bits per heavy atom. The van der Waals surface area contributed by atoms with E-state index in [4.69, 9.17) is 0 Å². The van der Waals surface area contributed by atoms with Gasteiger partial charge in [-0.1, -0.05) is 68.3 Å². The zero-order chi connectivity index (χ0) is 19.0. The Labute approximate surface area is 162 Å². The minimum Gasteiger partial charge on any atom is -0.224 e. The molecule has 0 radical (unpaired) electrons. The largest absolute Gasteiger partial charge is 0.224 e. The molecule has 3 heteroatoms.